The number of aromatic nitrogens is 2. The minimum atomic E-state index is -0.224. The first-order valence-electron chi connectivity index (χ1n) is 6.34. The standard InChI is InChI=1S/C14H21BrN4O/c1-6-7-19-13(20)12(15)11(8-17-19)16-9-14(2,3)10-18(4)5/h1,8,16H,7,9-10H2,2-5H3. The van der Waals surface area contributed by atoms with Crippen LogP contribution in [0.4, 0.5) is 5.69 Å². The van der Waals surface area contributed by atoms with E-state index in [1.54, 1.807) is 6.20 Å². The lowest BCUT2D eigenvalue weighted by molar-refractivity contribution is 0.254. The maximum atomic E-state index is 12.0. The van der Waals surface area contributed by atoms with Crippen LogP contribution in [0.2, 0.25) is 0 Å². The second-order valence-electron chi connectivity index (χ2n) is 5.79. The summed E-state index contributed by atoms with van der Waals surface area (Å²) in [6.07, 6.45) is 6.81. The lowest BCUT2D eigenvalue weighted by Crippen LogP contribution is -2.35. The Balaban J connectivity index is 2.82. The van der Waals surface area contributed by atoms with E-state index in [-0.39, 0.29) is 17.5 Å². The fourth-order valence-corrected chi connectivity index (χ4v) is 2.48. The van der Waals surface area contributed by atoms with Crippen LogP contribution < -0.4 is 10.9 Å². The predicted octanol–water partition coefficient (Wildman–Crippen LogP) is 1.64. The first-order chi connectivity index (χ1) is 9.26. The van der Waals surface area contributed by atoms with E-state index < -0.39 is 0 Å². The average Bonchev–Trinajstić information content (AvgIpc) is 2.33. The molecule has 0 aromatic carbocycles. The molecule has 0 aliphatic heterocycles. The molecule has 0 saturated carbocycles. The van der Waals surface area contributed by atoms with E-state index in [1.165, 1.54) is 4.68 Å². The van der Waals surface area contributed by atoms with E-state index in [9.17, 15) is 4.79 Å². The number of nitrogens with one attached hydrogen (secondary N) is 1. The van der Waals surface area contributed by atoms with Crippen molar-refractivity contribution in [1.82, 2.24) is 14.7 Å². The molecule has 1 N–H and O–H groups in total. The van der Waals surface area contributed by atoms with E-state index >= 15 is 0 Å². The molecule has 0 saturated heterocycles. The average molecular weight is 341 g/mol. The molecule has 1 aromatic rings. The van der Waals surface area contributed by atoms with Gasteiger partial charge in [-0.2, -0.15) is 5.10 Å². The second kappa shape index (κ2) is 6.91. The quantitative estimate of drug-likeness (QED) is 0.800. The predicted molar refractivity (Wildman–Crippen MR) is 85.9 cm³/mol. The third-order valence-corrected chi connectivity index (χ3v) is 3.49. The lowest BCUT2D eigenvalue weighted by atomic mass is 9.93. The van der Waals surface area contributed by atoms with Gasteiger partial charge in [-0.15, -0.1) is 6.42 Å². The number of nitrogens with zero attached hydrogens (tertiary/aromatic N) is 3. The van der Waals surface area contributed by atoms with Crippen molar-refractivity contribution in [1.29, 1.82) is 0 Å². The summed E-state index contributed by atoms with van der Waals surface area (Å²) in [5.41, 5.74) is 0.546. The summed E-state index contributed by atoms with van der Waals surface area (Å²) < 4.78 is 1.71. The van der Waals surface area contributed by atoms with Crippen LogP contribution in [0.3, 0.4) is 0 Å². The van der Waals surface area contributed by atoms with E-state index in [2.05, 4.69) is 51.0 Å². The monoisotopic (exact) mass is 340 g/mol. The number of anilines is 1. The van der Waals surface area contributed by atoms with Gasteiger partial charge in [0.2, 0.25) is 0 Å². The van der Waals surface area contributed by atoms with Crippen LogP contribution in [0.1, 0.15) is 13.8 Å². The highest BCUT2D eigenvalue weighted by Crippen LogP contribution is 2.21. The fourth-order valence-electron chi connectivity index (χ4n) is 2.03. The Morgan fingerprint density at radius 2 is 2.20 bits per heavy atom. The Morgan fingerprint density at radius 1 is 1.55 bits per heavy atom. The second-order valence-corrected chi connectivity index (χ2v) is 6.59. The molecular weight excluding hydrogens is 320 g/mol. The summed E-state index contributed by atoms with van der Waals surface area (Å²) in [5, 5.41) is 7.32. The Morgan fingerprint density at radius 3 is 2.75 bits per heavy atom. The first kappa shape index (κ1) is 16.7. The van der Waals surface area contributed by atoms with Crippen molar-refractivity contribution in [2.75, 3.05) is 32.5 Å². The maximum absolute atomic E-state index is 12.0. The van der Waals surface area contributed by atoms with Crippen molar-refractivity contribution in [2.45, 2.75) is 20.4 Å². The topological polar surface area (TPSA) is 50.2 Å². The molecule has 0 radical (unpaired) electrons. The molecule has 0 spiro atoms. The zero-order valence-corrected chi connectivity index (χ0v) is 14.0. The molecule has 110 valence electrons. The van der Waals surface area contributed by atoms with Gasteiger partial charge < -0.3 is 10.2 Å². The number of terminal acetylenes is 1. The molecule has 5 nitrogen and oxygen atoms in total. The molecule has 0 atom stereocenters. The van der Waals surface area contributed by atoms with Gasteiger partial charge in [-0.25, -0.2) is 4.68 Å². The summed E-state index contributed by atoms with van der Waals surface area (Å²) in [7, 11) is 4.08. The maximum Gasteiger partial charge on any atom is 0.284 e. The van der Waals surface area contributed by atoms with Crippen LogP contribution in [-0.4, -0.2) is 41.9 Å². The smallest absolute Gasteiger partial charge is 0.284 e. The number of rotatable bonds is 6. The molecule has 0 bridgehead atoms. The van der Waals surface area contributed by atoms with Gasteiger partial charge >= 0.3 is 0 Å². The normalized spacial score (nSPS) is 11.4. The van der Waals surface area contributed by atoms with Crippen LogP contribution in [0.25, 0.3) is 0 Å². The molecule has 1 aromatic heterocycles. The van der Waals surface area contributed by atoms with Gasteiger partial charge in [0.1, 0.15) is 11.0 Å². The van der Waals surface area contributed by atoms with Crippen LogP contribution in [0, 0.1) is 17.8 Å². The van der Waals surface area contributed by atoms with Crippen molar-refractivity contribution in [3.05, 3.63) is 21.0 Å². The van der Waals surface area contributed by atoms with Gasteiger partial charge in [0, 0.05) is 13.1 Å². The van der Waals surface area contributed by atoms with Crippen molar-refractivity contribution in [3.63, 3.8) is 0 Å². The minimum absolute atomic E-state index is 0.0800. The molecule has 0 unspecified atom stereocenters. The van der Waals surface area contributed by atoms with Gasteiger partial charge in [-0.1, -0.05) is 19.8 Å². The number of hydrogen-bond acceptors (Lipinski definition) is 4. The third kappa shape index (κ3) is 4.66. The highest BCUT2D eigenvalue weighted by atomic mass is 79.9. The number of halogens is 1. The molecule has 20 heavy (non-hydrogen) atoms. The third-order valence-electron chi connectivity index (χ3n) is 2.73. The zero-order valence-electron chi connectivity index (χ0n) is 12.4. The van der Waals surface area contributed by atoms with Crippen LogP contribution in [0.5, 0.6) is 0 Å². The zero-order chi connectivity index (χ0) is 15.3. The molecule has 1 heterocycles. The van der Waals surface area contributed by atoms with Gasteiger partial charge in [-0.3, -0.25) is 4.79 Å². The highest BCUT2D eigenvalue weighted by Gasteiger charge is 2.19. The van der Waals surface area contributed by atoms with Gasteiger partial charge in [-0.05, 0) is 35.4 Å². The Labute approximate surface area is 128 Å². The van der Waals surface area contributed by atoms with Gasteiger partial charge in [0.25, 0.3) is 5.56 Å². The molecule has 0 aliphatic carbocycles. The molecule has 1 rings (SSSR count). The fraction of sp³-hybridized carbons (Fsp3) is 0.571. The highest BCUT2D eigenvalue weighted by molar-refractivity contribution is 9.10. The molecule has 0 amide bonds. The van der Waals surface area contributed by atoms with Gasteiger partial charge in [0.15, 0.2) is 0 Å². The SMILES string of the molecule is C#CCn1ncc(NCC(C)(C)CN(C)C)c(Br)c1=O. The van der Waals surface area contributed by atoms with E-state index in [4.69, 9.17) is 6.42 Å². The van der Waals surface area contributed by atoms with E-state index in [0.29, 0.717) is 10.2 Å². The first-order valence-corrected chi connectivity index (χ1v) is 7.14. The number of hydrogen-bond donors (Lipinski definition) is 1. The summed E-state index contributed by atoms with van der Waals surface area (Å²) in [6.45, 7) is 6.19. The van der Waals surface area contributed by atoms with Crippen LogP contribution in [-0.2, 0) is 6.54 Å². The molecular formula is C14H21BrN4O. The summed E-state index contributed by atoms with van der Waals surface area (Å²) in [5.74, 6) is 2.40. The van der Waals surface area contributed by atoms with Crippen molar-refractivity contribution >= 4 is 21.6 Å². The summed E-state index contributed by atoms with van der Waals surface area (Å²) >= 11 is 3.30. The molecule has 6 heteroatoms. The van der Waals surface area contributed by atoms with Crippen molar-refractivity contribution in [3.8, 4) is 12.3 Å². The van der Waals surface area contributed by atoms with E-state index in [1.807, 2.05) is 14.1 Å². The minimum Gasteiger partial charge on any atom is -0.382 e. The molecule has 0 fully saturated rings. The van der Waals surface area contributed by atoms with Crippen molar-refractivity contribution < 1.29 is 0 Å². The Kier molecular flexibility index (Phi) is 5.78. The van der Waals surface area contributed by atoms with Crippen LogP contribution in [0.15, 0.2) is 15.5 Å². The lowest BCUT2D eigenvalue weighted by Gasteiger charge is -2.29. The van der Waals surface area contributed by atoms with E-state index in [0.717, 1.165) is 13.1 Å². The summed E-state index contributed by atoms with van der Waals surface area (Å²) in [4.78, 5) is 14.1. The van der Waals surface area contributed by atoms with Crippen molar-refractivity contribution in [2.24, 2.45) is 5.41 Å². The Hall–Kier alpha value is -1.32. The Bertz CT molecular complexity index is 557. The largest absolute Gasteiger partial charge is 0.382 e. The summed E-state index contributed by atoms with van der Waals surface area (Å²) in [6, 6.07) is 0. The molecule has 0 aliphatic rings. The van der Waals surface area contributed by atoms with Gasteiger partial charge in [0.05, 0.1) is 11.9 Å². The van der Waals surface area contributed by atoms with Crippen LogP contribution >= 0.6 is 15.9 Å².